The highest BCUT2D eigenvalue weighted by molar-refractivity contribution is 7.92. The Balaban J connectivity index is 2.10. The summed E-state index contributed by atoms with van der Waals surface area (Å²) in [5.74, 6) is -1.16. The zero-order valence-electron chi connectivity index (χ0n) is 21.6. The van der Waals surface area contributed by atoms with Gasteiger partial charge in [0.05, 0.1) is 16.1 Å². The summed E-state index contributed by atoms with van der Waals surface area (Å²) in [6.45, 7) is 2.95. The fourth-order valence-corrected chi connectivity index (χ4v) is 5.50. The summed E-state index contributed by atoms with van der Waals surface area (Å²) in [5, 5.41) is 2.69. The molecular weight excluding hydrogens is 531 g/mol. The number of benzene rings is 3. The van der Waals surface area contributed by atoms with Gasteiger partial charge < -0.3 is 10.2 Å². The smallest absolute Gasteiger partial charge is 0.355 e. The van der Waals surface area contributed by atoms with Crippen LogP contribution in [0.5, 0.6) is 0 Å². The summed E-state index contributed by atoms with van der Waals surface area (Å²) in [6, 6.07) is 18.8. The van der Waals surface area contributed by atoms with E-state index in [9.17, 15) is 31.2 Å². The highest BCUT2D eigenvalue weighted by Gasteiger charge is 2.35. The highest BCUT2D eigenvalue weighted by atomic mass is 32.2. The standard InChI is InChI=1S/C28H30F3N3O4S/c1-3-25(27(36)32-4-2)33(19-21-12-7-5-8-13-21)26(35)20-34(39(37,38)24-16-9-6-10-17-24)23-15-11-14-22(18-23)28(29,30)31/h5-18,25H,3-4,19-20H2,1-2H3,(H,32,36). The molecular formula is C28H30F3N3O4S. The van der Waals surface area contributed by atoms with Gasteiger partial charge >= 0.3 is 6.18 Å². The van der Waals surface area contributed by atoms with Crippen molar-refractivity contribution in [2.24, 2.45) is 0 Å². The maximum absolute atomic E-state index is 13.8. The van der Waals surface area contributed by atoms with E-state index in [-0.39, 0.29) is 23.5 Å². The molecule has 3 aromatic rings. The van der Waals surface area contributed by atoms with Crippen LogP contribution in [0.25, 0.3) is 0 Å². The number of likely N-dealkylation sites (N-methyl/N-ethyl adjacent to an activating group) is 1. The molecule has 2 amide bonds. The summed E-state index contributed by atoms with van der Waals surface area (Å²) in [6.07, 6.45) is -4.49. The predicted octanol–water partition coefficient (Wildman–Crippen LogP) is 4.84. The van der Waals surface area contributed by atoms with Gasteiger partial charge in [0.2, 0.25) is 11.8 Å². The summed E-state index contributed by atoms with van der Waals surface area (Å²) in [5.41, 5.74) is -0.687. The van der Waals surface area contributed by atoms with Gasteiger partial charge in [-0.05, 0) is 49.2 Å². The van der Waals surface area contributed by atoms with Crippen molar-refractivity contribution in [1.29, 1.82) is 0 Å². The highest BCUT2D eigenvalue weighted by Crippen LogP contribution is 2.33. The molecule has 0 saturated heterocycles. The molecule has 0 heterocycles. The number of carbonyl (C=O) groups excluding carboxylic acids is 2. The lowest BCUT2D eigenvalue weighted by Gasteiger charge is -2.33. The van der Waals surface area contributed by atoms with E-state index in [0.717, 1.165) is 12.1 Å². The number of nitrogens with one attached hydrogen (secondary N) is 1. The molecule has 7 nitrogen and oxygen atoms in total. The fourth-order valence-electron chi connectivity index (χ4n) is 4.08. The molecule has 0 aliphatic carbocycles. The molecule has 0 aliphatic heterocycles. The van der Waals surface area contributed by atoms with E-state index in [1.165, 1.54) is 35.2 Å². The molecule has 0 bridgehead atoms. The number of hydrogen-bond acceptors (Lipinski definition) is 4. The van der Waals surface area contributed by atoms with Crippen LogP contribution in [-0.4, -0.2) is 44.3 Å². The number of rotatable bonds is 11. The van der Waals surface area contributed by atoms with Gasteiger partial charge in [-0.2, -0.15) is 13.2 Å². The summed E-state index contributed by atoms with van der Waals surface area (Å²) >= 11 is 0. The molecule has 0 spiro atoms. The van der Waals surface area contributed by atoms with Gasteiger partial charge in [0.25, 0.3) is 10.0 Å². The monoisotopic (exact) mass is 561 g/mol. The molecule has 0 fully saturated rings. The molecule has 0 aromatic heterocycles. The largest absolute Gasteiger partial charge is 0.416 e. The molecule has 3 aromatic carbocycles. The zero-order chi connectivity index (χ0) is 28.6. The lowest BCUT2D eigenvalue weighted by molar-refractivity contribution is -0.140. The lowest BCUT2D eigenvalue weighted by atomic mass is 10.1. The van der Waals surface area contributed by atoms with Crippen molar-refractivity contribution >= 4 is 27.5 Å². The first kappa shape index (κ1) is 29.7. The number of amides is 2. The quantitative estimate of drug-likeness (QED) is 0.363. The molecule has 39 heavy (non-hydrogen) atoms. The molecule has 11 heteroatoms. The van der Waals surface area contributed by atoms with Gasteiger partial charge in [-0.1, -0.05) is 61.5 Å². The first-order valence-corrected chi connectivity index (χ1v) is 13.8. The Bertz CT molecular complexity index is 1370. The van der Waals surface area contributed by atoms with Crippen LogP contribution in [0.4, 0.5) is 18.9 Å². The number of halogens is 3. The molecule has 1 N–H and O–H groups in total. The minimum Gasteiger partial charge on any atom is -0.355 e. The number of nitrogens with zero attached hydrogens (tertiary/aromatic N) is 2. The Kier molecular flexibility index (Phi) is 9.74. The topological polar surface area (TPSA) is 86.8 Å². The average molecular weight is 562 g/mol. The van der Waals surface area contributed by atoms with Gasteiger partial charge in [-0.25, -0.2) is 8.42 Å². The van der Waals surface area contributed by atoms with Crippen LogP contribution in [0.3, 0.4) is 0 Å². The number of alkyl halides is 3. The van der Waals surface area contributed by atoms with E-state index >= 15 is 0 Å². The normalized spacial score (nSPS) is 12.4. The second-order valence-electron chi connectivity index (χ2n) is 8.70. The lowest BCUT2D eigenvalue weighted by Crippen LogP contribution is -2.52. The molecule has 0 aliphatic rings. The second-order valence-corrected chi connectivity index (χ2v) is 10.6. The van der Waals surface area contributed by atoms with Gasteiger partial charge in [-0.3, -0.25) is 13.9 Å². The first-order valence-electron chi connectivity index (χ1n) is 12.3. The van der Waals surface area contributed by atoms with Crippen LogP contribution < -0.4 is 9.62 Å². The minimum atomic E-state index is -4.73. The molecule has 0 saturated carbocycles. The van der Waals surface area contributed by atoms with Crippen LogP contribution in [0.1, 0.15) is 31.4 Å². The Labute approximate surface area is 226 Å². The number of carbonyl (C=O) groups is 2. The van der Waals surface area contributed by atoms with E-state index in [1.807, 2.05) is 0 Å². The van der Waals surface area contributed by atoms with Crippen molar-refractivity contribution in [3.8, 4) is 0 Å². The van der Waals surface area contributed by atoms with Gasteiger partial charge in [-0.15, -0.1) is 0 Å². The maximum Gasteiger partial charge on any atom is 0.416 e. The Morgan fingerprint density at radius 1 is 0.897 bits per heavy atom. The summed E-state index contributed by atoms with van der Waals surface area (Å²) in [7, 11) is -4.46. The number of sulfonamides is 1. The molecule has 208 valence electrons. The van der Waals surface area contributed by atoms with E-state index in [2.05, 4.69) is 5.32 Å². The van der Waals surface area contributed by atoms with Crippen LogP contribution >= 0.6 is 0 Å². The van der Waals surface area contributed by atoms with Crippen molar-refractivity contribution in [3.05, 3.63) is 96.1 Å². The SMILES string of the molecule is CCNC(=O)C(CC)N(Cc1ccccc1)C(=O)CN(c1cccc(C(F)(F)F)c1)S(=O)(=O)c1ccccc1. The van der Waals surface area contributed by atoms with Crippen LogP contribution in [-0.2, 0) is 32.3 Å². The van der Waals surface area contributed by atoms with Gasteiger partial charge in [0.1, 0.15) is 12.6 Å². The van der Waals surface area contributed by atoms with E-state index in [1.54, 1.807) is 50.2 Å². The van der Waals surface area contributed by atoms with Crippen LogP contribution in [0, 0.1) is 0 Å². The average Bonchev–Trinajstić information content (AvgIpc) is 2.92. The van der Waals surface area contributed by atoms with E-state index in [0.29, 0.717) is 22.5 Å². The van der Waals surface area contributed by atoms with Crippen molar-refractivity contribution in [2.45, 2.75) is 43.9 Å². The predicted molar refractivity (Wildman–Crippen MR) is 142 cm³/mol. The second kappa shape index (κ2) is 12.8. The number of hydrogen-bond donors (Lipinski definition) is 1. The first-order chi connectivity index (χ1) is 18.5. The van der Waals surface area contributed by atoms with Crippen LogP contribution in [0.15, 0.2) is 89.8 Å². The maximum atomic E-state index is 13.8. The van der Waals surface area contributed by atoms with Crippen molar-refractivity contribution in [3.63, 3.8) is 0 Å². The molecule has 3 rings (SSSR count). The third-order valence-corrected chi connectivity index (χ3v) is 7.79. The van der Waals surface area contributed by atoms with Gasteiger partial charge in [0.15, 0.2) is 0 Å². The Hall–Kier alpha value is -3.86. The van der Waals surface area contributed by atoms with E-state index in [4.69, 9.17) is 0 Å². The van der Waals surface area contributed by atoms with Crippen molar-refractivity contribution in [1.82, 2.24) is 10.2 Å². The summed E-state index contributed by atoms with van der Waals surface area (Å²) < 4.78 is 68.5. The van der Waals surface area contributed by atoms with Gasteiger partial charge in [0, 0.05) is 13.1 Å². The minimum absolute atomic E-state index is 0.00285. The Morgan fingerprint density at radius 3 is 2.08 bits per heavy atom. The molecule has 1 unspecified atom stereocenters. The molecule has 1 atom stereocenters. The third-order valence-electron chi connectivity index (χ3n) is 6.00. The van der Waals surface area contributed by atoms with Crippen molar-refractivity contribution in [2.75, 3.05) is 17.4 Å². The Morgan fingerprint density at radius 2 is 1.51 bits per heavy atom. The molecule has 0 radical (unpaired) electrons. The van der Waals surface area contributed by atoms with E-state index < -0.39 is 46.2 Å². The fraction of sp³-hybridized carbons (Fsp3) is 0.286. The summed E-state index contributed by atoms with van der Waals surface area (Å²) in [4.78, 5) is 27.8. The zero-order valence-corrected chi connectivity index (χ0v) is 22.4. The van der Waals surface area contributed by atoms with Crippen LogP contribution in [0.2, 0.25) is 0 Å². The number of anilines is 1. The third kappa shape index (κ3) is 7.38. The van der Waals surface area contributed by atoms with Crippen molar-refractivity contribution < 1.29 is 31.2 Å².